The van der Waals surface area contributed by atoms with E-state index in [4.69, 9.17) is 9.47 Å². The van der Waals surface area contributed by atoms with E-state index in [9.17, 15) is 9.18 Å². The van der Waals surface area contributed by atoms with Crippen molar-refractivity contribution in [3.8, 4) is 5.75 Å². The lowest BCUT2D eigenvalue weighted by atomic mass is 10.2. The summed E-state index contributed by atoms with van der Waals surface area (Å²) in [5, 5.41) is 5.75. The summed E-state index contributed by atoms with van der Waals surface area (Å²) in [6.45, 7) is 8.14. The third-order valence-electron chi connectivity index (χ3n) is 3.53. The van der Waals surface area contributed by atoms with E-state index < -0.39 is 0 Å². The number of hydrogen-bond acceptors (Lipinski definition) is 5. The topological polar surface area (TPSA) is 68.8 Å². The third-order valence-corrected chi connectivity index (χ3v) is 3.53. The molecular weight excluding hydrogens is 399 g/mol. The Morgan fingerprint density at radius 1 is 1.19 bits per heavy atom. The zero-order valence-electron chi connectivity index (χ0n) is 20.0. The molecule has 1 amide bonds. The van der Waals surface area contributed by atoms with Gasteiger partial charge in [0.1, 0.15) is 11.6 Å². The SMILES string of the molecule is C/C=C(\C=C/CCCCOc1cccc(F)c1)CNCOC.CCNC(C)=O.COC. The fraction of sp³-hybridized carbons (Fsp3) is 0.542. The summed E-state index contributed by atoms with van der Waals surface area (Å²) in [7, 11) is 4.92. The number of carbonyl (C=O) groups is 1. The molecule has 0 fully saturated rings. The summed E-state index contributed by atoms with van der Waals surface area (Å²) in [4.78, 5) is 9.93. The molecule has 0 aliphatic rings. The lowest BCUT2D eigenvalue weighted by molar-refractivity contribution is -0.118. The van der Waals surface area contributed by atoms with Crippen LogP contribution in [0, 0.1) is 5.82 Å². The van der Waals surface area contributed by atoms with Crippen molar-refractivity contribution in [2.24, 2.45) is 0 Å². The lowest BCUT2D eigenvalue weighted by Gasteiger charge is -2.05. The molecular formula is C24H41FN2O4. The summed E-state index contributed by atoms with van der Waals surface area (Å²) < 4.78 is 27.7. The fourth-order valence-corrected chi connectivity index (χ4v) is 2.15. The predicted octanol–water partition coefficient (Wildman–Crippen LogP) is 4.48. The Balaban J connectivity index is 0. The molecule has 0 aliphatic heterocycles. The van der Waals surface area contributed by atoms with Crippen molar-refractivity contribution < 1.29 is 23.4 Å². The van der Waals surface area contributed by atoms with Gasteiger partial charge in [-0.2, -0.15) is 0 Å². The monoisotopic (exact) mass is 440 g/mol. The average molecular weight is 441 g/mol. The molecule has 1 aromatic carbocycles. The van der Waals surface area contributed by atoms with Crippen molar-refractivity contribution in [2.45, 2.75) is 40.0 Å². The second-order valence-corrected chi connectivity index (χ2v) is 6.42. The molecule has 0 saturated heterocycles. The van der Waals surface area contributed by atoms with E-state index in [0.717, 1.165) is 32.4 Å². The molecule has 1 aromatic rings. The molecule has 0 heterocycles. The first kappa shape index (κ1) is 31.0. The van der Waals surface area contributed by atoms with Gasteiger partial charge in [0.05, 0.1) is 13.3 Å². The summed E-state index contributed by atoms with van der Waals surface area (Å²) >= 11 is 0. The number of carbonyl (C=O) groups excluding carboxylic acids is 1. The molecule has 31 heavy (non-hydrogen) atoms. The lowest BCUT2D eigenvalue weighted by Crippen LogP contribution is -2.18. The summed E-state index contributed by atoms with van der Waals surface area (Å²) in [6, 6.07) is 6.25. The van der Waals surface area contributed by atoms with Crippen LogP contribution in [-0.4, -0.2) is 53.7 Å². The minimum Gasteiger partial charge on any atom is -0.493 e. The standard InChI is InChI=1S/C18H26FNO2.C4H9NO.C2H6O/c1-3-16(14-20-15-21-2)9-6-4-5-7-12-22-18-11-8-10-17(19)13-18;1-3-5-4(2)6;1-3-2/h3,6,8-11,13,20H,4-5,7,12,14-15H2,1-2H3;3H2,1-2H3,(H,5,6);1-2H3/b9-6-,16-3+;;. The Labute approximate surface area is 187 Å². The van der Waals surface area contributed by atoms with E-state index in [1.807, 2.05) is 13.8 Å². The van der Waals surface area contributed by atoms with E-state index >= 15 is 0 Å². The van der Waals surface area contributed by atoms with E-state index in [-0.39, 0.29) is 11.7 Å². The maximum Gasteiger partial charge on any atom is 0.216 e. The number of hydrogen-bond donors (Lipinski definition) is 2. The molecule has 0 spiro atoms. The zero-order chi connectivity index (χ0) is 23.7. The molecule has 0 atom stereocenters. The van der Waals surface area contributed by atoms with Crippen molar-refractivity contribution in [3.63, 3.8) is 0 Å². The Morgan fingerprint density at radius 3 is 2.42 bits per heavy atom. The van der Waals surface area contributed by atoms with Gasteiger partial charge in [0, 0.05) is 47.4 Å². The number of methoxy groups -OCH3 is 2. The molecule has 0 aromatic heterocycles. The van der Waals surface area contributed by atoms with Crippen molar-refractivity contribution in [1.29, 1.82) is 0 Å². The van der Waals surface area contributed by atoms with Crippen molar-refractivity contribution in [1.82, 2.24) is 10.6 Å². The molecule has 1 rings (SSSR count). The maximum atomic E-state index is 13.0. The number of allylic oxidation sites excluding steroid dienone is 2. The molecule has 2 N–H and O–H groups in total. The van der Waals surface area contributed by atoms with Crippen molar-refractivity contribution >= 4 is 5.91 Å². The van der Waals surface area contributed by atoms with Gasteiger partial charge in [-0.1, -0.05) is 24.3 Å². The highest BCUT2D eigenvalue weighted by molar-refractivity contribution is 5.72. The van der Waals surface area contributed by atoms with Crippen LogP contribution >= 0.6 is 0 Å². The fourth-order valence-electron chi connectivity index (χ4n) is 2.15. The Kier molecular flexibility index (Phi) is 24.0. The number of rotatable bonds is 12. The molecule has 0 bridgehead atoms. The van der Waals surface area contributed by atoms with Crippen LogP contribution in [0.15, 0.2) is 48.1 Å². The van der Waals surface area contributed by atoms with Crippen molar-refractivity contribution in [2.75, 3.05) is 47.8 Å². The van der Waals surface area contributed by atoms with Crippen LogP contribution in [0.4, 0.5) is 4.39 Å². The van der Waals surface area contributed by atoms with Crippen LogP contribution in [0.5, 0.6) is 5.75 Å². The van der Waals surface area contributed by atoms with Gasteiger partial charge < -0.3 is 19.5 Å². The first-order valence-corrected chi connectivity index (χ1v) is 10.5. The van der Waals surface area contributed by atoms with Gasteiger partial charge in [0.25, 0.3) is 0 Å². The largest absolute Gasteiger partial charge is 0.493 e. The third kappa shape index (κ3) is 23.9. The molecule has 0 unspecified atom stereocenters. The van der Waals surface area contributed by atoms with E-state index in [0.29, 0.717) is 19.1 Å². The number of nitrogens with one attached hydrogen (secondary N) is 2. The van der Waals surface area contributed by atoms with Gasteiger partial charge in [0.15, 0.2) is 0 Å². The molecule has 7 heteroatoms. The van der Waals surface area contributed by atoms with E-state index in [1.54, 1.807) is 33.5 Å². The van der Waals surface area contributed by atoms with E-state index in [1.165, 1.54) is 24.6 Å². The number of amides is 1. The molecule has 0 radical (unpaired) electrons. The quantitative estimate of drug-likeness (QED) is 0.285. The number of unbranched alkanes of at least 4 members (excludes halogenated alkanes) is 2. The van der Waals surface area contributed by atoms with Crippen LogP contribution in [0.1, 0.15) is 40.0 Å². The first-order chi connectivity index (χ1) is 14.9. The van der Waals surface area contributed by atoms with E-state index in [2.05, 4.69) is 33.6 Å². The maximum absolute atomic E-state index is 13.0. The smallest absolute Gasteiger partial charge is 0.216 e. The Hall–Kier alpha value is -2.22. The van der Waals surface area contributed by atoms with Gasteiger partial charge in [-0.15, -0.1) is 0 Å². The number of ether oxygens (including phenoxy) is 3. The minimum absolute atomic E-state index is 0.0394. The van der Waals surface area contributed by atoms with Crippen LogP contribution < -0.4 is 15.4 Å². The predicted molar refractivity (Wildman–Crippen MR) is 126 cm³/mol. The Morgan fingerprint density at radius 2 is 1.90 bits per heavy atom. The Bertz CT molecular complexity index is 607. The molecule has 0 aliphatic carbocycles. The van der Waals surface area contributed by atoms with Crippen LogP contribution in [-0.2, 0) is 14.3 Å². The van der Waals surface area contributed by atoms with Gasteiger partial charge >= 0.3 is 0 Å². The van der Waals surface area contributed by atoms with Gasteiger partial charge in [0.2, 0.25) is 5.91 Å². The highest BCUT2D eigenvalue weighted by atomic mass is 19.1. The molecule has 178 valence electrons. The summed E-state index contributed by atoms with van der Waals surface area (Å²) in [6.07, 6.45) is 9.41. The summed E-state index contributed by atoms with van der Waals surface area (Å²) in [5.74, 6) is 0.370. The average Bonchev–Trinajstić information content (AvgIpc) is 2.73. The normalized spacial score (nSPS) is 10.6. The van der Waals surface area contributed by atoms with Crippen LogP contribution in [0.25, 0.3) is 0 Å². The zero-order valence-corrected chi connectivity index (χ0v) is 20.0. The summed E-state index contributed by atoms with van der Waals surface area (Å²) in [5.41, 5.74) is 1.24. The molecule has 6 nitrogen and oxygen atoms in total. The molecule has 0 saturated carbocycles. The highest BCUT2D eigenvalue weighted by Gasteiger charge is 1.95. The van der Waals surface area contributed by atoms with Gasteiger partial charge in [-0.3, -0.25) is 10.1 Å². The van der Waals surface area contributed by atoms with Crippen molar-refractivity contribution in [3.05, 3.63) is 53.9 Å². The van der Waals surface area contributed by atoms with Crippen LogP contribution in [0.2, 0.25) is 0 Å². The second-order valence-electron chi connectivity index (χ2n) is 6.42. The van der Waals surface area contributed by atoms with Crippen LogP contribution in [0.3, 0.4) is 0 Å². The number of benzene rings is 1. The minimum atomic E-state index is -0.263. The number of halogens is 1. The van der Waals surface area contributed by atoms with Gasteiger partial charge in [-0.25, -0.2) is 4.39 Å². The van der Waals surface area contributed by atoms with Gasteiger partial charge in [-0.05, 0) is 50.8 Å². The highest BCUT2D eigenvalue weighted by Crippen LogP contribution is 2.12. The first-order valence-electron chi connectivity index (χ1n) is 10.5. The second kappa shape index (κ2) is 24.1.